The lowest BCUT2D eigenvalue weighted by molar-refractivity contribution is 0.147. The fourth-order valence-electron chi connectivity index (χ4n) is 2.85. The second kappa shape index (κ2) is 7.79. The molecule has 0 unspecified atom stereocenters. The molecule has 0 saturated carbocycles. The van der Waals surface area contributed by atoms with Gasteiger partial charge in [-0.15, -0.1) is 11.3 Å². The molecule has 5 nitrogen and oxygen atoms in total. The van der Waals surface area contributed by atoms with Crippen LogP contribution in [-0.2, 0) is 6.54 Å². The molecule has 0 amide bonds. The number of ether oxygens (including phenoxy) is 1. The molecule has 2 aromatic rings. The maximum absolute atomic E-state index is 8.18. The average molecular weight is 344 g/mol. The fourth-order valence-corrected chi connectivity index (χ4v) is 3.48. The summed E-state index contributed by atoms with van der Waals surface area (Å²) >= 11 is 1.57. The molecule has 128 valence electrons. The number of hydrogen-bond donors (Lipinski definition) is 2. The highest BCUT2D eigenvalue weighted by Gasteiger charge is 2.16. The lowest BCUT2D eigenvalue weighted by atomic mass is 10.1. The molecule has 1 aromatic heterocycles. The Balaban J connectivity index is 1.71. The summed E-state index contributed by atoms with van der Waals surface area (Å²) < 4.78 is 5.52. The van der Waals surface area contributed by atoms with Crippen molar-refractivity contribution in [1.82, 2.24) is 9.80 Å². The lowest BCUT2D eigenvalue weighted by Crippen LogP contribution is -2.43. The van der Waals surface area contributed by atoms with E-state index in [0.29, 0.717) is 5.84 Å². The van der Waals surface area contributed by atoms with Crippen LogP contribution in [0.3, 0.4) is 0 Å². The molecule has 2 heterocycles. The number of likely N-dealkylation sites (N-methyl/N-ethyl adjacent to an activating group) is 1. The Morgan fingerprint density at radius 2 is 2.04 bits per heavy atom. The number of thiophene rings is 1. The highest BCUT2D eigenvalue weighted by atomic mass is 32.1. The molecular formula is C18H24N4OS. The van der Waals surface area contributed by atoms with Crippen molar-refractivity contribution in [2.75, 3.05) is 45.7 Å². The summed E-state index contributed by atoms with van der Waals surface area (Å²) in [5.41, 5.74) is 2.09. The van der Waals surface area contributed by atoms with Crippen LogP contribution in [0.15, 0.2) is 35.7 Å². The molecule has 24 heavy (non-hydrogen) atoms. The van der Waals surface area contributed by atoms with Crippen LogP contribution in [0.25, 0.3) is 0 Å². The third-order valence-corrected chi connectivity index (χ3v) is 5.19. The van der Waals surface area contributed by atoms with Crippen LogP contribution in [-0.4, -0.2) is 56.0 Å². The minimum absolute atomic E-state index is 0.431. The molecule has 0 radical (unpaired) electrons. The Morgan fingerprint density at radius 1 is 1.25 bits per heavy atom. The molecule has 0 atom stereocenters. The van der Waals surface area contributed by atoms with Crippen LogP contribution in [0.2, 0.25) is 0 Å². The van der Waals surface area contributed by atoms with Gasteiger partial charge in [-0.25, -0.2) is 0 Å². The smallest absolute Gasteiger partial charge is 0.140 e. The minimum Gasteiger partial charge on any atom is -0.496 e. The van der Waals surface area contributed by atoms with Crippen molar-refractivity contribution in [3.63, 3.8) is 0 Å². The average Bonchev–Trinajstić information content (AvgIpc) is 3.12. The molecule has 2 N–H and O–H groups in total. The number of benzene rings is 1. The van der Waals surface area contributed by atoms with Crippen molar-refractivity contribution in [3.8, 4) is 5.75 Å². The van der Waals surface area contributed by atoms with Crippen LogP contribution < -0.4 is 10.1 Å². The first-order chi connectivity index (χ1) is 11.7. The SMILES string of the molecule is COc1ccc(NC(=N)c2cccs2)cc1CN1CCN(C)CC1. The Hall–Kier alpha value is -1.89. The van der Waals surface area contributed by atoms with Crippen molar-refractivity contribution in [2.45, 2.75) is 6.54 Å². The van der Waals surface area contributed by atoms with Crippen LogP contribution in [0.4, 0.5) is 5.69 Å². The molecule has 3 rings (SSSR count). The van der Waals surface area contributed by atoms with Crippen molar-refractivity contribution in [2.24, 2.45) is 0 Å². The second-order valence-corrected chi connectivity index (χ2v) is 7.03. The molecule has 1 saturated heterocycles. The number of hydrogen-bond acceptors (Lipinski definition) is 5. The van der Waals surface area contributed by atoms with Gasteiger partial charge in [-0.3, -0.25) is 10.3 Å². The molecule has 0 bridgehead atoms. The van der Waals surface area contributed by atoms with E-state index in [1.54, 1.807) is 18.4 Å². The molecule has 0 aliphatic carbocycles. The van der Waals surface area contributed by atoms with Crippen LogP contribution in [0, 0.1) is 5.41 Å². The number of methoxy groups -OCH3 is 1. The summed E-state index contributed by atoms with van der Waals surface area (Å²) in [4.78, 5) is 5.74. The fraction of sp³-hybridized carbons (Fsp3) is 0.389. The number of nitrogens with zero attached hydrogens (tertiary/aromatic N) is 2. The van der Waals surface area contributed by atoms with Crippen LogP contribution in [0.5, 0.6) is 5.75 Å². The molecule has 1 aliphatic heterocycles. The van der Waals surface area contributed by atoms with Gasteiger partial charge in [0.05, 0.1) is 12.0 Å². The Bertz CT molecular complexity index is 678. The largest absolute Gasteiger partial charge is 0.496 e. The number of anilines is 1. The first-order valence-corrected chi connectivity index (χ1v) is 9.01. The first kappa shape index (κ1) is 17.0. The van der Waals surface area contributed by atoms with Crippen LogP contribution in [0.1, 0.15) is 10.4 Å². The third-order valence-electron chi connectivity index (χ3n) is 4.31. The van der Waals surface area contributed by atoms with Gasteiger partial charge in [-0.05, 0) is 36.7 Å². The van der Waals surface area contributed by atoms with Gasteiger partial charge in [0.1, 0.15) is 11.6 Å². The van der Waals surface area contributed by atoms with Crippen molar-refractivity contribution in [1.29, 1.82) is 5.41 Å². The van der Waals surface area contributed by atoms with E-state index in [1.807, 2.05) is 29.6 Å². The number of rotatable bonds is 5. The van der Waals surface area contributed by atoms with Gasteiger partial charge >= 0.3 is 0 Å². The van der Waals surface area contributed by atoms with Crippen molar-refractivity contribution in [3.05, 3.63) is 46.2 Å². The first-order valence-electron chi connectivity index (χ1n) is 8.13. The van der Waals surface area contributed by atoms with Gasteiger partial charge < -0.3 is 15.0 Å². The minimum atomic E-state index is 0.431. The van der Waals surface area contributed by atoms with E-state index in [0.717, 1.165) is 54.6 Å². The zero-order chi connectivity index (χ0) is 16.9. The normalized spacial score (nSPS) is 16.1. The summed E-state index contributed by atoms with van der Waals surface area (Å²) in [6, 6.07) is 9.96. The summed E-state index contributed by atoms with van der Waals surface area (Å²) in [6.07, 6.45) is 0. The van der Waals surface area contributed by atoms with Gasteiger partial charge in [0.2, 0.25) is 0 Å². The maximum Gasteiger partial charge on any atom is 0.140 e. The van der Waals surface area contributed by atoms with E-state index >= 15 is 0 Å². The summed E-state index contributed by atoms with van der Waals surface area (Å²) in [6.45, 7) is 5.22. The van der Waals surface area contributed by atoms with E-state index in [9.17, 15) is 0 Å². The van der Waals surface area contributed by atoms with Gasteiger partial charge in [0.25, 0.3) is 0 Å². The zero-order valence-corrected chi connectivity index (χ0v) is 15.0. The summed E-state index contributed by atoms with van der Waals surface area (Å²) in [7, 11) is 3.88. The second-order valence-electron chi connectivity index (χ2n) is 6.08. The maximum atomic E-state index is 8.18. The Morgan fingerprint density at radius 3 is 2.71 bits per heavy atom. The standard InChI is InChI=1S/C18H24N4OS/c1-21-7-9-22(10-8-21)13-14-12-15(5-6-16(14)23-2)20-18(19)17-4-3-11-24-17/h3-6,11-12H,7-10,13H2,1-2H3,(H2,19,20). The molecule has 6 heteroatoms. The predicted molar refractivity (Wildman–Crippen MR) is 101 cm³/mol. The molecule has 0 spiro atoms. The van der Waals surface area contributed by atoms with Crippen molar-refractivity contribution < 1.29 is 4.74 Å². The lowest BCUT2D eigenvalue weighted by Gasteiger charge is -2.32. The summed E-state index contributed by atoms with van der Waals surface area (Å²) in [5, 5.41) is 13.4. The summed E-state index contributed by atoms with van der Waals surface area (Å²) in [5.74, 6) is 1.34. The van der Waals surface area contributed by atoms with E-state index < -0.39 is 0 Å². The van der Waals surface area contributed by atoms with Gasteiger partial charge in [0.15, 0.2) is 0 Å². The number of amidine groups is 1. The van der Waals surface area contributed by atoms with Crippen LogP contribution >= 0.6 is 11.3 Å². The monoisotopic (exact) mass is 344 g/mol. The van der Waals surface area contributed by atoms with E-state index in [1.165, 1.54) is 0 Å². The van der Waals surface area contributed by atoms with E-state index in [2.05, 4.69) is 28.2 Å². The molecule has 1 aliphatic rings. The molecule has 1 aromatic carbocycles. The topological polar surface area (TPSA) is 51.6 Å². The third kappa shape index (κ3) is 4.14. The van der Waals surface area contributed by atoms with Crippen molar-refractivity contribution >= 4 is 22.9 Å². The van der Waals surface area contributed by atoms with E-state index in [-0.39, 0.29) is 0 Å². The van der Waals surface area contributed by atoms with Gasteiger partial charge in [0, 0.05) is 44.0 Å². The highest BCUT2D eigenvalue weighted by Crippen LogP contribution is 2.25. The highest BCUT2D eigenvalue weighted by molar-refractivity contribution is 7.12. The van der Waals surface area contributed by atoms with Gasteiger partial charge in [-0.2, -0.15) is 0 Å². The van der Waals surface area contributed by atoms with E-state index in [4.69, 9.17) is 10.1 Å². The molecular weight excluding hydrogens is 320 g/mol. The quantitative estimate of drug-likeness (QED) is 0.647. The zero-order valence-electron chi connectivity index (χ0n) is 14.2. The Labute approximate surface area is 147 Å². The molecule has 1 fully saturated rings. The van der Waals surface area contributed by atoms with Gasteiger partial charge in [-0.1, -0.05) is 6.07 Å². The number of piperazine rings is 1. The Kier molecular flexibility index (Phi) is 5.50. The number of nitrogens with one attached hydrogen (secondary N) is 2. The predicted octanol–water partition coefficient (Wildman–Crippen LogP) is 2.94.